The number of hydrogen-bond acceptors (Lipinski definition) is 2. The zero-order valence-corrected chi connectivity index (χ0v) is 24.6. The van der Waals surface area contributed by atoms with Crippen LogP contribution in [0.4, 0.5) is 17.1 Å². The second kappa shape index (κ2) is 10.1. The number of ether oxygens (including phenoxy) is 1. The third-order valence-electron chi connectivity index (χ3n) is 9.32. The highest BCUT2D eigenvalue weighted by atomic mass is 16.5. The van der Waals surface area contributed by atoms with Gasteiger partial charge in [0.15, 0.2) is 0 Å². The molecule has 1 aliphatic carbocycles. The maximum absolute atomic E-state index is 6.86. The predicted molar refractivity (Wildman–Crippen MR) is 184 cm³/mol. The molecule has 0 spiro atoms. The van der Waals surface area contributed by atoms with Crippen LogP contribution in [0.3, 0.4) is 0 Å². The Morgan fingerprint density at radius 2 is 1.00 bits per heavy atom. The average Bonchev–Trinajstić information content (AvgIpc) is 3.43. The summed E-state index contributed by atoms with van der Waals surface area (Å²) in [5, 5.41) is 0. The van der Waals surface area contributed by atoms with Crippen LogP contribution in [0.1, 0.15) is 22.3 Å². The topological polar surface area (TPSA) is 12.5 Å². The van der Waals surface area contributed by atoms with Crippen LogP contribution in [0.5, 0.6) is 11.5 Å². The first kappa shape index (κ1) is 25.6. The summed E-state index contributed by atoms with van der Waals surface area (Å²) in [4.78, 5) is 2.31. The number of nitrogens with zero attached hydrogens (tertiary/aromatic N) is 1. The molecule has 0 saturated heterocycles. The molecule has 7 aromatic rings. The van der Waals surface area contributed by atoms with Gasteiger partial charge in [0.05, 0.1) is 5.41 Å². The van der Waals surface area contributed by atoms with Crippen molar-refractivity contribution in [3.63, 3.8) is 0 Å². The number of benzene rings is 7. The lowest BCUT2D eigenvalue weighted by Crippen LogP contribution is -2.32. The fourth-order valence-corrected chi connectivity index (χ4v) is 7.45. The Labute approximate surface area is 263 Å². The van der Waals surface area contributed by atoms with Crippen molar-refractivity contribution in [3.05, 3.63) is 198 Å². The average molecular weight is 576 g/mol. The highest BCUT2D eigenvalue weighted by Gasteiger charge is 2.51. The molecule has 2 aliphatic rings. The van der Waals surface area contributed by atoms with Gasteiger partial charge < -0.3 is 9.64 Å². The Morgan fingerprint density at radius 1 is 0.400 bits per heavy atom. The zero-order valence-electron chi connectivity index (χ0n) is 24.6. The lowest BCUT2D eigenvalue weighted by molar-refractivity contribution is 0.438. The third-order valence-corrected chi connectivity index (χ3v) is 9.32. The van der Waals surface area contributed by atoms with Gasteiger partial charge in [-0.3, -0.25) is 0 Å². The zero-order chi connectivity index (χ0) is 29.8. The quantitative estimate of drug-likeness (QED) is 0.202. The van der Waals surface area contributed by atoms with Gasteiger partial charge in [0.25, 0.3) is 0 Å². The number of hydrogen-bond donors (Lipinski definition) is 0. The Morgan fingerprint density at radius 3 is 1.78 bits per heavy atom. The largest absolute Gasteiger partial charge is 0.457 e. The van der Waals surface area contributed by atoms with Crippen molar-refractivity contribution in [1.29, 1.82) is 0 Å². The first-order chi connectivity index (χ1) is 22.3. The van der Waals surface area contributed by atoms with Gasteiger partial charge in [-0.25, -0.2) is 0 Å². The second-order valence-corrected chi connectivity index (χ2v) is 11.7. The van der Waals surface area contributed by atoms with E-state index in [0.29, 0.717) is 0 Å². The van der Waals surface area contributed by atoms with Crippen molar-refractivity contribution in [2.45, 2.75) is 5.41 Å². The highest BCUT2D eigenvalue weighted by Crippen LogP contribution is 2.63. The van der Waals surface area contributed by atoms with E-state index in [1.165, 1.54) is 38.9 Å². The minimum absolute atomic E-state index is 0.467. The predicted octanol–water partition coefficient (Wildman–Crippen LogP) is 11.3. The molecule has 1 heterocycles. The number of rotatable bonds is 5. The maximum atomic E-state index is 6.86. The smallest absolute Gasteiger partial charge is 0.134 e. The van der Waals surface area contributed by atoms with Crippen LogP contribution in [-0.2, 0) is 5.41 Å². The molecule has 0 radical (unpaired) electrons. The summed E-state index contributed by atoms with van der Waals surface area (Å²) < 4.78 is 6.86. The van der Waals surface area contributed by atoms with Gasteiger partial charge in [-0.05, 0) is 69.8 Å². The number of para-hydroxylation sites is 1. The molecule has 0 fully saturated rings. The van der Waals surface area contributed by atoms with Gasteiger partial charge in [0.1, 0.15) is 11.5 Å². The van der Waals surface area contributed by atoms with E-state index in [1.54, 1.807) is 0 Å². The van der Waals surface area contributed by atoms with Gasteiger partial charge in [0, 0.05) is 34.3 Å². The van der Waals surface area contributed by atoms with Crippen molar-refractivity contribution in [2.24, 2.45) is 0 Å². The van der Waals surface area contributed by atoms with Crippen LogP contribution in [0.15, 0.2) is 176 Å². The molecule has 2 heteroatoms. The van der Waals surface area contributed by atoms with Crippen LogP contribution >= 0.6 is 0 Å². The molecule has 1 aliphatic heterocycles. The number of fused-ring (bicyclic) bond motifs is 5. The summed E-state index contributed by atoms with van der Waals surface area (Å²) in [6, 6.07) is 62.9. The van der Waals surface area contributed by atoms with E-state index in [4.69, 9.17) is 4.74 Å². The van der Waals surface area contributed by atoms with E-state index in [1.807, 2.05) is 0 Å². The van der Waals surface area contributed by atoms with Crippen LogP contribution in [0.25, 0.3) is 22.3 Å². The fourth-order valence-electron chi connectivity index (χ4n) is 7.45. The van der Waals surface area contributed by atoms with Crippen LogP contribution in [0, 0.1) is 0 Å². The molecule has 1 atom stereocenters. The summed E-state index contributed by atoms with van der Waals surface area (Å²) >= 11 is 0. The lowest BCUT2D eigenvalue weighted by atomic mass is 9.66. The molecule has 0 amide bonds. The monoisotopic (exact) mass is 575 g/mol. The van der Waals surface area contributed by atoms with Crippen molar-refractivity contribution >= 4 is 17.1 Å². The standard InChI is InChI=1S/C43H29NO/c1-4-13-30(14-5-1)31-23-25-34(26-24-31)44(33-17-8-3-9-18-33)35-27-28-39-41(29-35)45-40-22-12-20-37-36-19-10-11-21-38(36)43(39,42(37)40)32-15-6-2-7-16-32/h1-29H. The molecule has 1 unspecified atom stereocenters. The summed E-state index contributed by atoms with van der Waals surface area (Å²) in [6.07, 6.45) is 0. The van der Waals surface area contributed by atoms with Crippen molar-refractivity contribution in [3.8, 4) is 33.8 Å². The molecule has 0 aromatic heterocycles. The van der Waals surface area contributed by atoms with Gasteiger partial charge in [-0.1, -0.05) is 133 Å². The molecule has 0 bridgehead atoms. The van der Waals surface area contributed by atoms with E-state index in [2.05, 4.69) is 181 Å². The normalized spacial score (nSPS) is 15.4. The van der Waals surface area contributed by atoms with Crippen molar-refractivity contribution < 1.29 is 4.74 Å². The Balaban J connectivity index is 1.25. The molecule has 212 valence electrons. The van der Waals surface area contributed by atoms with Crippen LogP contribution < -0.4 is 9.64 Å². The fraction of sp³-hybridized carbons (Fsp3) is 0.0233. The number of anilines is 3. The SMILES string of the molecule is c1ccc(-c2ccc(N(c3ccccc3)c3ccc4c(c3)Oc3cccc5c3C4(c3ccccc3)c3ccccc3-5)cc2)cc1. The molecule has 0 N–H and O–H groups in total. The molecular weight excluding hydrogens is 546 g/mol. The first-order valence-electron chi connectivity index (χ1n) is 15.4. The summed E-state index contributed by atoms with van der Waals surface area (Å²) in [7, 11) is 0. The van der Waals surface area contributed by atoms with Gasteiger partial charge in [-0.15, -0.1) is 0 Å². The van der Waals surface area contributed by atoms with Gasteiger partial charge in [-0.2, -0.15) is 0 Å². The van der Waals surface area contributed by atoms with Gasteiger partial charge >= 0.3 is 0 Å². The first-order valence-corrected chi connectivity index (χ1v) is 15.4. The third kappa shape index (κ3) is 3.82. The lowest BCUT2D eigenvalue weighted by Gasteiger charge is -2.39. The van der Waals surface area contributed by atoms with Crippen molar-refractivity contribution in [2.75, 3.05) is 4.90 Å². The minimum atomic E-state index is -0.467. The van der Waals surface area contributed by atoms with E-state index in [0.717, 1.165) is 34.1 Å². The molecular formula is C43H29NO. The molecule has 9 rings (SSSR count). The minimum Gasteiger partial charge on any atom is -0.457 e. The van der Waals surface area contributed by atoms with E-state index >= 15 is 0 Å². The highest BCUT2D eigenvalue weighted by molar-refractivity contribution is 5.91. The van der Waals surface area contributed by atoms with Crippen molar-refractivity contribution in [1.82, 2.24) is 0 Å². The van der Waals surface area contributed by atoms with Crippen LogP contribution in [-0.4, -0.2) is 0 Å². The summed E-state index contributed by atoms with van der Waals surface area (Å²) in [5.41, 5.74) is 12.6. The maximum Gasteiger partial charge on any atom is 0.134 e. The Hall–Kier alpha value is -5.86. The molecule has 2 nitrogen and oxygen atoms in total. The molecule has 0 saturated carbocycles. The second-order valence-electron chi connectivity index (χ2n) is 11.7. The summed E-state index contributed by atoms with van der Waals surface area (Å²) in [6.45, 7) is 0. The van der Waals surface area contributed by atoms with E-state index in [9.17, 15) is 0 Å². The van der Waals surface area contributed by atoms with E-state index in [-0.39, 0.29) is 0 Å². The summed E-state index contributed by atoms with van der Waals surface area (Å²) in [5.74, 6) is 1.79. The molecule has 45 heavy (non-hydrogen) atoms. The molecule has 7 aromatic carbocycles. The van der Waals surface area contributed by atoms with Crippen LogP contribution in [0.2, 0.25) is 0 Å². The Kier molecular flexibility index (Phi) is 5.76. The Bertz CT molecular complexity index is 2170. The van der Waals surface area contributed by atoms with E-state index < -0.39 is 5.41 Å². The van der Waals surface area contributed by atoms with Gasteiger partial charge in [0.2, 0.25) is 0 Å².